The van der Waals surface area contributed by atoms with Gasteiger partial charge in [0.15, 0.2) is 0 Å². The summed E-state index contributed by atoms with van der Waals surface area (Å²) < 4.78 is 85.9. The number of nitrogens with zero attached hydrogens (tertiary/aromatic N) is 10. The maximum Gasteiger partial charge on any atom is 0.282 e. The van der Waals surface area contributed by atoms with E-state index >= 15 is 0 Å². The van der Waals surface area contributed by atoms with Crippen LogP contribution in [-0.2, 0) is 51.9 Å². The number of benzene rings is 1. The minimum atomic E-state index is -2.82. The van der Waals surface area contributed by atoms with Gasteiger partial charge < -0.3 is 31.7 Å². The van der Waals surface area contributed by atoms with Gasteiger partial charge >= 0.3 is 0 Å². The summed E-state index contributed by atoms with van der Waals surface area (Å²) in [5.74, 6) is 0.204. The summed E-state index contributed by atoms with van der Waals surface area (Å²) in [6.07, 6.45) is 19.2. The SMILES string of the molecule is Cn1cc(C(=O)NC23CCC(C4=CCC=C42)C3(C)C)c(C(F)F)n1.Cn1cc(C(=O)NC23CCC(c4ccccc42)C3CO)c(C(F)F)n1.Cn1cc(C(=O)NC23CCC(c4ccsc42)C3(C)C)c(C(F)F)n1.Cn1ncc(C(=O)NC23CCC(C4=CCC=C42)C3(C)C)c1Cl.Cn1ncc(C(=O)NC23CCC(c4ccsc42)C3(C)C)c1Cl. The number of halogens is 8. The number of alkyl halides is 6. The smallest absolute Gasteiger partial charge is 0.282 e. The summed E-state index contributed by atoms with van der Waals surface area (Å²) in [5.41, 5.74) is 7.08. The van der Waals surface area contributed by atoms with Crippen LogP contribution in [0.2, 0.25) is 10.3 Å². The zero-order valence-electron chi connectivity index (χ0n) is 67.5. The molecule has 8 aromatic rings. The fraction of sp³-hybridized carbons (Fsp3) is 0.512. The van der Waals surface area contributed by atoms with Gasteiger partial charge in [0.25, 0.3) is 48.8 Å². The summed E-state index contributed by atoms with van der Waals surface area (Å²) in [7, 11) is 8.08. The van der Waals surface area contributed by atoms with Crippen LogP contribution in [0.25, 0.3) is 0 Å². The number of aryl methyl sites for hydroxylation is 5. The van der Waals surface area contributed by atoms with Crippen LogP contribution in [0.5, 0.6) is 0 Å². The Labute approximate surface area is 692 Å². The van der Waals surface area contributed by atoms with Gasteiger partial charge in [-0.1, -0.05) is 127 Å². The predicted molar refractivity (Wildman–Crippen MR) is 432 cm³/mol. The predicted octanol–water partition coefficient (Wildman–Crippen LogP) is 16.9. The van der Waals surface area contributed by atoms with Gasteiger partial charge in [-0.15, -0.1) is 22.7 Å². The summed E-state index contributed by atoms with van der Waals surface area (Å²) in [5, 5.41) is 50.1. The highest BCUT2D eigenvalue weighted by Crippen LogP contribution is 2.71. The third kappa shape index (κ3) is 12.1. The van der Waals surface area contributed by atoms with Gasteiger partial charge in [-0.2, -0.15) is 25.5 Å². The van der Waals surface area contributed by atoms with Gasteiger partial charge in [-0.25, -0.2) is 26.3 Å². The molecule has 20 rings (SSSR count). The maximum absolute atomic E-state index is 13.2. The number of carbonyl (C=O) groups is 5. The van der Waals surface area contributed by atoms with Crippen molar-refractivity contribution in [1.82, 2.24) is 75.5 Å². The molecule has 10 bridgehead atoms. The molecule has 7 fully saturated rings. The van der Waals surface area contributed by atoms with Crippen molar-refractivity contribution in [1.29, 1.82) is 0 Å². The second-order valence-corrected chi connectivity index (χ2v) is 38.3. The lowest BCUT2D eigenvalue weighted by Gasteiger charge is -2.39. The molecule has 0 radical (unpaired) electrons. The summed E-state index contributed by atoms with van der Waals surface area (Å²) >= 11 is 15.8. The Kier molecular flexibility index (Phi) is 20.2. The van der Waals surface area contributed by atoms with Crippen LogP contribution in [0, 0.1) is 39.4 Å². The molecule has 11 atom stereocenters. The number of hydrogen-bond acceptors (Lipinski definition) is 13. The van der Waals surface area contributed by atoms with Gasteiger partial charge in [-0.3, -0.25) is 47.4 Å². The van der Waals surface area contributed by atoms with Crippen LogP contribution in [0.3, 0.4) is 0 Å². The van der Waals surface area contributed by atoms with Crippen molar-refractivity contribution in [2.45, 2.75) is 197 Å². The Hall–Kier alpha value is -8.90. The molecule has 0 aliphatic heterocycles. The van der Waals surface area contributed by atoms with Crippen molar-refractivity contribution in [3.8, 4) is 0 Å². The number of nitrogens with one attached hydrogen (secondary N) is 5. The molecular weight excluding hydrogens is 1590 g/mol. The van der Waals surface area contributed by atoms with Gasteiger partial charge in [0.1, 0.15) is 27.4 Å². The number of amides is 5. The number of aliphatic hydroxyl groups excluding tert-OH is 1. The average molecular weight is 1690 g/mol. The molecule has 7 saturated carbocycles. The van der Waals surface area contributed by atoms with Crippen LogP contribution in [0.15, 0.2) is 125 Å². The molecule has 12 aliphatic carbocycles. The van der Waals surface area contributed by atoms with E-state index in [2.05, 4.69) is 149 Å². The van der Waals surface area contributed by atoms with Gasteiger partial charge in [0.2, 0.25) is 0 Å². The number of carbonyl (C=O) groups excluding carboxylic acids is 5. The van der Waals surface area contributed by atoms with Crippen molar-refractivity contribution in [3.05, 3.63) is 212 Å². The van der Waals surface area contributed by atoms with E-state index in [9.17, 15) is 55.4 Å². The first-order chi connectivity index (χ1) is 55.3. The van der Waals surface area contributed by atoms with E-state index in [0.29, 0.717) is 51.5 Å². The molecule has 0 spiro atoms. The van der Waals surface area contributed by atoms with Crippen molar-refractivity contribution in [2.75, 3.05) is 6.61 Å². The number of hydrogen-bond donors (Lipinski definition) is 6. The molecule has 0 saturated heterocycles. The highest BCUT2D eigenvalue weighted by atomic mass is 35.5. The first-order valence-corrected chi connectivity index (χ1v) is 42.4. The Morgan fingerprint density at radius 3 is 1.21 bits per heavy atom. The summed E-state index contributed by atoms with van der Waals surface area (Å²) in [6, 6.07) is 12.2. The first kappa shape index (κ1) is 81.8. The van der Waals surface area contributed by atoms with Gasteiger partial charge in [0.05, 0.1) is 67.9 Å². The molecule has 7 aromatic heterocycles. The highest BCUT2D eigenvalue weighted by Gasteiger charge is 2.69. The number of aromatic nitrogens is 10. The minimum absolute atomic E-state index is 0.0276. The second-order valence-electron chi connectivity index (χ2n) is 35.7. The highest BCUT2D eigenvalue weighted by molar-refractivity contribution is 7.10. The normalized spacial score (nSPS) is 28.4. The lowest BCUT2D eigenvalue weighted by Crippen LogP contribution is -2.54. The Bertz CT molecular complexity index is 5520. The third-order valence-corrected chi connectivity index (χ3v) is 32.5. The Morgan fingerprint density at radius 2 is 0.829 bits per heavy atom. The monoisotopic (exact) mass is 1680 g/mol. The molecule has 31 heteroatoms. The van der Waals surface area contributed by atoms with Crippen molar-refractivity contribution >= 4 is 75.4 Å². The van der Waals surface area contributed by atoms with E-state index in [1.807, 2.05) is 29.6 Å². The minimum Gasteiger partial charge on any atom is -0.396 e. The largest absolute Gasteiger partial charge is 0.396 e. The van der Waals surface area contributed by atoms with Gasteiger partial charge in [0, 0.05) is 76.1 Å². The molecular formula is C86H97Cl2F6N15O6S2. The zero-order chi connectivity index (χ0) is 83.7. The molecule has 6 N–H and O–H groups in total. The van der Waals surface area contributed by atoms with E-state index in [1.165, 1.54) is 98.4 Å². The molecule has 11 unspecified atom stereocenters. The van der Waals surface area contributed by atoms with E-state index < -0.39 is 70.7 Å². The molecule has 117 heavy (non-hydrogen) atoms. The number of aliphatic hydroxyl groups is 1. The van der Waals surface area contributed by atoms with Crippen molar-refractivity contribution in [2.24, 2.45) is 74.7 Å². The number of allylic oxidation sites excluding steroid dienone is 4. The lowest BCUT2D eigenvalue weighted by molar-refractivity contribution is 0.0798. The quantitative estimate of drug-likeness (QED) is 0.0558. The van der Waals surface area contributed by atoms with Gasteiger partial charge in [-0.05, 0) is 196 Å². The maximum atomic E-state index is 13.2. The van der Waals surface area contributed by atoms with Crippen molar-refractivity contribution < 1.29 is 55.4 Å². The third-order valence-electron chi connectivity index (χ3n) is 29.4. The standard InChI is InChI=1S/C18H19F2N3O2.C18H21F2N3O.C17H20ClN3O.C17H19F2N3OS.C16H18ClN3OS/c1-23-8-12(15(22-23)16(19)20)17(25)21-18-7-6-11(14(18)9-24)10-4-2-3-5-13(10)18;1-17(2)12-7-8-18(17,13-6-4-5-10(12)13)21-16(24)11-9-23(3)22-14(11)15(19)20;1-16(2)12-7-8-17(16,13-6-4-5-10(12)13)20-15(22)11-9-19-21(3)14(11)18;1-16(2)11-4-6-17(16,13-9(11)5-7-24-13)20-15(23)10-8-22(3)21-12(10)14(18)19;1-15(2)11-4-6-16(15,12-9(11)5-7-22-12)19-14(21)10-8-18-20(3)13(10)17/h2-5,8,11,14,16,24H,6-7,9H2,1H3,(H,21,25);5-6,9,12,15H,4,7-8H2,1-3H3,(H,21,24);5-6,9,12H,4,7-8H2,1-3H3,(H,20,22);5,7-8,11,14H,4,6H2,1-3H3,(H,20,23);5,7-8,11H,4,6H2,1-3H3,(H,19,21). The average Bonchev–Trinajstić information content (AvgIpc) is 1.52. The molecule has 12 aliphatic rings. The molecule has 7 heterocycles. The zero-order valence-corrected chi connectivity index (χ0v) is 70.6. The molecule has 620 valence electrons. The van der Waals surface area contributed by atoms with Crippen LogP contribution < -0.4 is 26.6 Å². The first-order valence-electron chi connectivity index (χ1n) is 39.9. The fourth-order valence-electron chi connectivity index (χ4n) is 23.4. The number of thiophene rings is 2. The lowest BCUT2D eigenvalue weighted by atomic mass is 9.74. The summed E-state index contributed by atoms with van der Waals surface area (Å²) in [4.78, 5) is 66.6. The van der Waals surface area contributed by atoms with Crippen LogP contribution in [-0.4, -0.2) is 101 Å². The van der Waals surface area contributed by atoms with Crippen LogP contribution >= 0.6 is 45.9 Å². The Balaban J connectivity index is 0.000000110. The fourth-order valence-corrected chi connectivity index (χ4v) is 26.4. The molecule has 21 nitrogen and oxygen atoms in total. The number of rotatable bonds is 14. The number of fused-ring (bicyclic) bond motifs is 25. The van der Waals surface area contributed by atoms with E-state index in [4.69, 9.17) is 23.2 Å². The van der Waals surface area contributed by atoms with E-state index in [1.54, 1.807) is 57.1 Å². The van der Waals surface area contributed by atoms with E-state index in [0.717, 1.165) is 81.8 Å². The Morgan fingerprint density at radius 1 is 0.470 bits per heavy atom. The summed E-state index contributed by atoms with van der Waals surface area (Å²) in [6.45, 7) is 17.7. The molecule has 5 amide bonds. The topological polar surface area (TPSA) is 255 Å². The van der Waals surface area contributed by atoms with Crippen LogP contribution in [0.1, 0.15) is 270 Å². The van der Waals surface area contributed by atoms with Crippen LogP contribution in [0.4, 0.5) is 26.3 Å². The molecule has 1 aromatic carbocycles. The second kappa shape index (κ2) is 28.9. The van der Waals surface area contributed by atoms with Crippen molar-refractivity contribution in [3.63, 3.8) is 0 Å². The van der Waals surface area contributed by atoms with E-state index in [-0.39, 0.29) is 79.7 Å².